The quantitative estimate of drug-likeness (QED) is 0.193. The highest BCUT2D eigenvalue weighted by molar-refractivity contribution is 14.0. The number of aliphatic imine (C=N–C) groups is 1. The maximum Gasteiger partial charge on any atom is 0.190 e. The third-order valence-electron chi connectivity index (χ3n) is 4.76. The molecule has 3 N–H and O–H groups in total. The molecule has 28 heavy (non-hydrogen) atoms. The summed E-state index contributed by atoms with van der Waals surface area (Å²) in [5.41, 5.74) is 4.88. The van der Waals surface area contributed by atoms with E-state index in [1.807, 2.05) is 14.0 Å². The predicted molar refractivity (Wildman–Crippen MR) is 128 cm³/mol. The molecular weight excluding hydrogens is 463 g/mol. The molecule has 0 aliphatic rings. The van der Waals surface area contributed by atoms with Crippen molar-refractivity contribution >= 4 is 40.8 Å². The Morgan fingerprint density at radius 1 is 1.14 bits per heavy atom. The topological polar surface area (TPSA) is 70.0 Å². The van der Waals surface area contributed by atoms with Crippen LogP contribution in [0.1, 0.15) is 29.8 Å². The number of guanidine groups is 1. The Labute approximate surface area is 184 Å². The van der Waals surface area contributed by atoms with Crippen LogP contribution in [0.4, 0.5) is 0 Å². The zero-order valence-corrected chi connectivity index (χ0v) is 19.3. The Kier molecular flexibility index (Phi) is 8.82. The Hall–Kier alpha value is -2.03. The fraction of sp³-hybridized carbons (Fsp3) is 0.429. The Morgan fingerprint density at radius 3 is 2.61 bits per heavy atom. The third kappa shape index (κ3) is 5.98. The van der Waals surface area contributed by atoms with E-state index in [-0.39, 0.29) is 24.0 Å². The van der Waals surface area contributed by atoms with Crippen molar-refractivity contribution in [2.75, 3.05) is 20.1 Å². The number of H-pyrrole nitrogens is 1. The van der Waals surface area contributed by atoms with E-state index in [0.717, 1.165) is 50.6 Å². The molecule has 0 amide bonds. The summed E-state index contributed by atoms with van der Waals surface area (Å²) in [5, 5.41) is 12.6. The maximum atomic E-state index is 4.49. The number of para-hydroxylation sites is 1. The fourth-order valence-electron chi connectivity index (χ4n) is 3.38. The van der Waals surface area contributed by atoms with E-state index in [9.17, 15) is 0 Å². The molecule has 0 fully saturated rings. The Balaban J connectivity index is 0.00000280. The van der Waals surface area contributed by atoms with Crippen molar-refractivity contribution < 1.29 is 0 Å². The summed E-state index contributed by atoms with van der Waals surface area (Å²) in [7, 11) is 1.82. The van der Waals surface area contributed by atoms with E-state index in [0.29, 0.717) is 0 Å². The lowest BCUT2D eigenvalue weighted by Crippen LogP contribution is -2.38. The van der Waals surface area contributed by atoms with Gasteiger partial charge in [-0.05, 0) is 50.8 Å². The molecule has 0 bridgehead atoms. The normalized spacial score (nSPS) is 11.5. The molecule has 3 aromatic rings. The van der Waals surface area contributed by atoms with Gasteiger partial charge in [0.2, 0.25) is 0 Å². The molecule has 0 unspecified atom stereocenters. The molecule has 152 valence electrons. The number of hydrogen-bond donors (Lipinski definition) is 3. The SMILES string of the molecule is CN=C(NCCCc1c[nH]c2ccccc12)NCCCn1nc(C)cc1C.I. The highest BCUT2D eigenvalue weighted by atomic mass is 127. The summed E-state index contributed by atoms with van der Waals surface area (Å²) in [6.45, 7) is 6.83. The second kappa shape index (κ2) is 11.1. The maximum absolute atomic E-state index is 4.49. The molecule has 0 radical (unpaired) electrons. The number of halogens is 1. The molecule has 6 nitrogen and oxygen atoms in total. The number of aromatic amines is 1. The van der Waals surface area contributed by atoms with Gasteiger partial charge in [-0.3, -0.25) is 9.67 Å². The monoisotopic (exact) mass is 494 g/mol. The van der Waals surface area contributed by atoms with Crippen molar-refractivity contribution in [3.05, 3.63) is 53.5 Å². The van der Waals surface area contributed by atoms with Crippen LogP contribution < -0.4 is 10.6 Å². The number of fused-ring (bicyclic) bond motifs is 1. The van der Waals surface area contributed by atoms with E-state index in [4.69, 9.17) is 0 Å². The van der Waals surface area contributed by atoms with Crippen molar-refractivity contribution in [2.45, 2.75) is 39.7 Å². The first-order chi connectivity index (χ1) is 13.2. The second-order valence-corrected chi connectivity index (χ2v) is 6.89. The van der Waals surface area contributed by atoms with Crippen molar-refractivity contribution in [1.29, 1.82) is 0 Å². The standard InChI is InChI=1S/C21H30N6.HI/c1-16-14-17(2)27(26-16)13-7-12-24-21(22-3)23-11-6-8-18-15-25-20-10-5-4-9-19(18)20;/h4-5,9-10,14-15,25H,6-8,11-13H2,1-3H3,(H2,22,23,24);1H. The lowest BCUT2D eigenvalue weighted by molar-refractivity contribution is 0.555. The minimum Gasteiger partial charge on any atom is -0.361 e. The minimum atomic E-state index is 0. The summed E-state index contributed by atoms with van der Waals surface area (Å²) in [6, 6.07) is 10.6. The van der Waals surface area contributed by atoms with Crippen LogP contribution in [-0.4, -0.2) is 40.9 Å². The highest BCUT2D eigenvalue weighted by Gasteiger charge is 2.04. The van der Waals surface area contributed by atoms with Crippen molar-refractivity contribution in [3.63, 3.8) is 0 Å². The number of nitrogens with zero attached hydrogens (tertiary/aromatic N) is 3. The molecule has 0 spiro atoms. The molecule has 2 heterocycles. The molecule has 3 rings (SSSR count). The van der Waals surface area contributed by atoms with Gasteiger partial charge in [0.25, 0.3) is 0 Å². The average molecular weight is 494 g/mol. The van der Waals surface area contributed by atoms with Crippen molar-refractivity contribution in [2.24, 2.45) is 4.99 Å². The van der Waals surface area contributed by atoms with Gasteiger partial charge in [-0.15, -0.1) is 24.0 Å². The molecular formula is C21H31IN6. The average Bonchev–Trinajstić information content (AvgIpc) is 3.23. The summed E-state index contributed by atoms with van der Waals surface area (Å²) in [4.78, 5) is 7.64. The van der Waals surface area contributed by atoms with Crippen LogP contribution in [0.15, 0.2) is 41.5 Å². The second-order valence-electron chi connectivity index (χ2n) is 6.89. The summed E-state index contributed by atoms with van der Waals surface area (Å²) in [5.74, 6) is 0.863. The zero-order valence-electron chi connectivity index (χ0n) is 17.0. The smallest absolute Gasteiger partial charge is 0.190 e. The first kappa shape index (κ1) is 22.3. The number of nitrogens with one attached hydrogen (secondary N) is 3. The van der Waals surface area contributed by atoms with Crippen LogP contribution in [-0.2, 0) is 13.0 Å². The van der Waals surface area contributed by atoms with Gasteiger partial charge in [-0.2, -0.15) is 5.10 Å². The zero-order chi connectivity index (χ0) is 19.1. The first-order valence-corrected chi connectivity index (χ1v) is 9.68. The van der Waals surface area contributed by atoms with E-state index in [1.165, 1.54) is 22.2 Å². The number of rotatable bonds is 8. The van der Waals surface area contributed by atoms with Crippen LogP contribution in [0.25, 0.3) is 10.9 Å². The summed E-state index contributed by atoms with van der Waals surface area (Å²) >= 11 is 0. The van der Waals surface area contributed by atoms with Crippen molar-refractivity contribution in [3.8, 4) is 0 Å². The summed E-state index contributed by atoms with van der Waals surface area (Å²) < 4.78 is 2.06. The van der Waals surface area contributed by atoms with Crippen LogP contribution in [0, 0.1) is 13.8 Å². The molecule has 0 aliphatic carbocycles. The van der Waals surface area contributed by atoms with Crippen LogP contribution in [0.5, 0.6) is 0 Å². The molecule has 0 saturated carbocycles. The number of hydrogen-bond acceptors (Lipinski definition) is 2. The molecule has 0 aliphatic heterocycles. The van der Waals surface area contributed by atoms with Gasteiger partial charge >= 0.3 is 0 Å². The lowest BCUT2D eigenvalue weighted by Gasteiger charge is -2.12. The number of benzene rings is 1. The first-order valence-electron chi connectivity index (χ1n) is 9.68. The van der Waals surface area contributed by atoms with Crippen LogP contribution in [0.3, 0.4) is 0 Å². The van der Waals surface area contributed by atoms with Crippen molar-refractivity contribution in [1.82, 2.24) is 25.4 Å². The van der Waals surface area contributed by atoms with Gasteiger partial charge in [-0.25, -0.2) is 0 Å². The molecule has 0 atom stereocenters. The lowest BCUT2D eigenvalue weighted by atomic mass is 10.1. The van der Waals surface area contributed by atoms with Gasteiger partial charge in [0, 0.05) is 49.5 Å². The van der Waals surface area contributed by atoms with Gasteiger partial charge in [0.1, 0.15) is 0 Å². The molecule has 0 saturated heterocycles. The Morgan fingerprint density at radius 2 is 1.89 bits per heavy atom. The van der Waals surface area contributed by atoms with E-state index < -0.39 is 0 Å². The van der Waals surface area contributed by atoms with E-state index >= 15 is 0 Å². The summed E-state index contributed by atoms with van der Waals surface area (Å²) in [6.07, 6.45) is 5.25. The molecule has 7 heteroatoms. The van der Waals surface area contributed by atoms with Gasteiger partial charge in [0.15, 0.2) is 5.96 Å². The van der Waals surface area contributed by atoms with Crippen LogP contribution in [0.2, 0.25) is 0 Å². The third-order valence-corrected chi connectivity index (χ3v) is 4.76. The van der Waals surface area contributed by atoms with E-state index in [2.05, 4.69) is 73.8 Å². The largest absolute Gasteiger partial charge is 0.361 e. The number of aromatic nitrogens is 3. The van der Waals surface area contributed by atoms with Gasteiger partial charge in [-0.1, -0.05) is 18.2 Å². The predicted octanol–water partition coefficient (Wildman–Crippen LogP) is 3.79. The molecule has 1 aromatic carbocycles. The number of aryl methyl sites for hydroxylation is 4. The van der Waals surface area contributed by atoms with Gasteiger partial charge < -0.3 is 15.6 Å². The highest BCUT2D eigenvalue weighted by Crippen LogP contribution is 2.18. The van der Waals surface area contributed by atoms with E-state index in [1.54, 1.807) is 0 Å². The molecule has 2 aromatic heterocycles. The fourth-order valence-corrected chi connectivity index (χ4v) is 3.38. The van der Waals surface area contributed by atoms with Gasteiger partial charge in [0.05, 0.1) is 5.69 Å². The minimum absolute atomic E-state index is 0. The Bertz CT molecular complexity index is 895. The van der Waals surface area contributed by atoms with Crippen LogP contribution >= 0.6 is 24.0 Å².